The Hall–Kier alpha value is -1.82. The SMILES string of the molecule is CC(C)S(=O)(=O)Cc1cc2cc(C(=O)O)ccc2[nH]1. The molecule has 6 heteroatoms. The van der Waals surface area contributed by atoms with Crippen molar-refractivity contribution >= 4 is 26.7 Å². The summed E-state index contributed by atoms with van der Waals surface area (Å²) in [5.41, 5.74) is 1.50. The zero-order chi connectivity index (χ0) is 14.2. The number of benzene rings is 1. The monoisotopic (exact) mass is 281 g/mol. The third-order valence-electron chi connectivity index (χ3n) is 3.00. The van der Waals surface area contributed by atoms with Crippen LogP contribution in [0.4, 0.5) is 0 Å². The molecule has 2 N–H and O–H groups in total. The Kier molecular flexibility index (Phi) is 3.36. The number of carboxylic acid groups (broad SMARTS) is 1. The lowest BCUT2D eigenvalue weighted by Gasteiger charge is -2.05. The van der Waals surface area contributed by atoms with Gasteiger partial charge in [0.15, 0.2) is 9.84 Å². The quantitative estimate of drug-likeness (QED) is 0.899. The van der Waals surface area contributed by atoms with E-state index in [2.05, 4.69) is 4.98 Å². The van der Waals surface area contributed by atoms with Crippen LogP contribution >= 0.6 is 0 Å². The Labute approximate surface area is 111 Å². The molecule has 0 aliphatic carbocycles. The molecular weight excluding hydrogens is 266 g/mol. The molecule has 0 bridgehead atoms. The number of aromatic carboxylic acids is 1. The van der Waals surface area contributed by atoms with Crippen molar-refractivity contribution in [3.05, 3.63) is 35.5 Å². The first-order valence-corrected chi connectivity index (χ1v) is 7.57. The van der Waals surface area contributed by atoms with Gasteiger partial charge in [-0.15, -0.1) is 0 Å². The molecular formula is C13H15NO4S. The van der Waals surface area contributed by atoms with Crippen molar-refractivity contribution in [3.63, 3.8) is 0 Å². The van der Waals surface area contributed by atoms with Gasteiger partial charge in [-0.1, -0.05) is 0 Å². The Morgan fingerprint density at radius 2 is 2.00 bits per heavy atom. The van der Waals surface area contributed by atoms with E-state index in [-0.39, 0.29) is 11.3 Å². The van der Waals surface area contributed by atoms with Crippen LogP contribution in [0.25, 0.3) is 10.9 Å². The molecule has 0 fully saturated rings. The number of hydrogen-bond donors (Lipinski definition) is 2. The van der Waals surface area contributed by atoms with E-state index in [1.807, 2.05) is 0 Å². The van der Waals surface area contributed by atoms with E-state index in [0.29, 0.717) is 11.1 Å². The number of H-pyrrole nitrogens is 1. The van der Waals surface area contributed by atoms with Crippen LogP contribution in [0.15, 0.2) is 24.3 Å². The first-order valence-electron chi connectivity index (χ1n) is 5.86. The predicted molar refractivity (Wildman–Crippen MR) is 73.0 cm³/mol. The molecule has 0 unspecified atom stereocenters. The van der Waals surface area contributed by atoms with Crippen LogP contribution in [0.3, 0.4) is 0 Å². The minimum atomic E-state index is -3.17. The van der Waals surface area contributed by atoms with Gasteiger partial charge < -0.3 is 10.1 Å². The van der Waals surface area contributed by atoms with Crippen LogP contribution in [-0.2, 0) is 15.6 Å². The van der Waals surface area contributed by atoms with Crippen LogP contribution in [0, 0.1) is 0 Å². The van der Waals surface area contributed by atoms with Crippen LogP contribution in [0.1, 0.15) is 29.9 Å². The van der Waals surface area contributed by atoms with E-state index >= 15 is 0 Å². The largest absolute Gasteiger partial charge is 0.478 e. The second kappa shape index (κ2) is 4.70. The Morgan fingerprint density at radius 1 is 1.32 bits per heavy atom. The number of nitrogens with one attached hydrogen (secondary N) is 1. The summed E-state index contributed by atoms with van der Waals surface area (Å²) in [4.78, 5) is 13.9. The second-order valence-electron chi connectivity index (χ2n) is 4.76. The number of hydrogen-bond acceptors (Lipinski definition) is 3. The first kappa shape index (κ1) is 13.6. The second-order valence-corrected chi connectivity index (χ2v) is 7.31. The third-order valence-corrected chi connectivity index (χ3v) is 5.15. The van der Waals surface area contributed by atoms with Crippen molar-refractivity contribution in [2.45, 2.75) is 24.9 Å². The first-order chi connectivity index (χ1) is 8.79. The summed E-state index contributed by atoms with van der Waals surface area (Å²) in [5.74, 6) is -1.07. The van der Waals surface area contributed by atoms with Gasteiger partial charge in [0.2, 0.25) is 0 Å². The summed E-state index contributed by atoms with van der Waals surface area (Å²) in [5, 5.41) is 9.17. The van der Waals surface area contributed by atoms with Gasteiger partial charge in [-0.05, 0) is 38.1 Å². The van der Waals surface area contributed by atoms with Gasteiger partial charge in [-0.2, -0.15) is 0 Å². The van der Waals surface area contributed by atoms with Gasteiger partial charge in [0.05, 0.1) is 16.6 Å². The van der Waals surface area contributed by atoms with E-state index in [1.54, 1.807) is 26.0 Å². The molecule has 0 aliphatic heterocycles. The van der Waals surface area contributed by atoms with Crippen LogP contribution in [-0.4, -0.2) is 29.7 Å². The van der Waals surface area contributed by atoms with Gasteiger partial charge in [-0.25, -0.2) is 13.2 Å². The number of aromatic nitrogens is 1. The highest BCUT2D eigenvalue weighted by molar-refractivity contribution is 7.91. The van der Waals surface area contributed by atoms with Gasteiger partial charge in [0.25, 0.3) is 0 Å². The van der Waals surface area contributed by atoms with Crippen molar-refractivity contribution in [2.75, 3.05) is 0 Å². The molecule has 1 aromatic carbocycles. The summed E-state index contributed by atoms with van der Waals surface area (Å²) in [6.45, 7) is 3.28. The topological polar surface area (TPSA) is 87.2 Å². The van der Waals surface area contributed by atoms with E-state index in [1.165, 1.54) is 12.1 Å². The maximum absolute atomic E-state index is 11.8. The van der Waals surface area contributed by atoms with Crippen molar-refractivity contribution in [3.8, 4) is 0 Å². The number of sulfone groups is 1. The lowest BCUT2D eigenvalue weighted by molar-refractivity contribution is 0.0697. The van der Waals surface area contributed by atoms with Crippen molar-refractivity contribution in [1.82, 2.24) is 4.98 Å². The molecule has 19 heavy (non-hydrogen) atoms. The van der Waals surface area contributed by atoms with Gasteiger partial charge in [0, 0.05) is 16.6 Å². The number of carboxylic acids is 1. The Balaban J connectivity index is 2.40. The lowest BCUT2D eigenvalue weighted by atomic mass is 10.1. The maximum Gasteiger partial charge on any atom is 0.335 e. The highest BCUT2D eigenvalue weighted by Gasteiger charge is 2.18. The average Bonchev–Trinajstić information content (AvgIpc) is 2.68. The third kappa shape index (κ3) is 2.78. The molecule has 1 heterocycles. The van der Waals surface area contributed by atoms with Crippen LogP contribution in [0.2, 0.25) is 0 Å². The number of aromatic amines is 1. The van der Waals surface area contributed by atoms with Crippen LogP contribution < -0.4 is 0 Å². The normalized spacial score (nSPS) is 12.2. The Bertz CT molecular complexity index is 728. The minimum Gasteiger partial charge on any atom is -0.478 e. The van der Waals surface area contributed by atoms with Gasteiger partial charge in [0.1, 0.15) is 0 Å². The fourth-order valence-electron chi connectivity index (χ4n) is 1.79. The summed E-state index contributed by atoms with van der Waals surface area (Å²) in [7, 11) is -3.17. The molecule has 0 saturated carbocycles. The summed E-state index contributed by atoms with van der Waals surface area (Å²) < 4.78 is 23.7. The molecule has 0 radical (unpaired) electrons. The van der Waals surface area contributed by atoms with E-state index < -0.39 is 21.1 Å². The molecule has 2 rings (SSSR count). The van der Waals surface area contributed by atoms with Crippen molar-refractivity contribution in [1.29, 1.82) is 0 Å². The van der Waals surface area contributed by atoms with E-state index in [4.69, 9.17) is 5.11 Å². The van der Waals surface area contributed by atoms with E-state index in [0.717, 1.165) is 5.52 Å². The molecule has 102 valence electrons. The van der Waals surface area contributed by atoms with E-state index in [9.17, 15) is 13.2 Å². The zero-order valence-corrected chi connectivity index (χ0v) is 11.5. The molecule has 2 aromatic rings. The van der Waals surface area contributed by atoms with Crippen molar-refractivity contribution in [2.24, 2.45) is 0 Å². The fourth-order valence-corrected chi connectivity index (χ4v) is 2.71. The highest BCUT2D eigenvalue weighted by Crippen LogP contribution is 2.20. The smallest absolute Gasteiger partial charge is 0.335 e. The molecule has 0 spiro atoms. The molecule has 0 atom stereocenters. The standard InChI is InChI=1S/C13H15NO4S/c1-8(2)19(17,18)7-11-6-10-5-9(13(15)16)3-4-12(10)14-11/h3-6,8,14H,7H2,1-2H3,(H,15,16). The summed E-state index contributed by atoms with van der Waals surface area (Å²) in [6, 6.07) is 6.34. The average molecular weight is 281 g/mol. The lowest BCUT2D eigenvalue weighted by Crippen LogP contribution is -2.16. The molecule has 1 aromatic heterocycles. The number of fused-ring (bicyclic) bond motifs is 1. The predicted octanol–water partition coefficient (Wildman–Crippen LogP) is 2.19. The highest BCUT2D eigenvalue weighted by atomic mass is 32.2. The number of rotatable bonds is 4. The number of carbonyl (C=O) groups is 1. The zero-order valence-electron chi connectivity index (χ0n) is 10.7. The minimum absolute atomic E-state index is 0.0677. The summed E-state index contributed by atoms with van der Waals surface area (Å²) >= 11 is 0. The molecule has 0 aliphatic rings. The Morgan fingerprint density at radius 3 is 2.58 bits per heavy atom. The van der Waals surface area contributed by atoms with Gasteiger partial charge in [-0.3, -0.25) is 0 Å². The summed E-state index contributed by atoms with van der Waals surface area (Å²) in [6.07, 6.45) is 0. The van der Waals surface area contributed by atoms with Crippen molar-refractivity contribution < 1.29 is 18.3 Å². The van der Waals surface area contributed by atoms with Crippen LogP contribution in [0.5, 0.6) is 0 Å². The fraction of sp³-hybridized carbons (Fsp3) is 0.308. The molecule has 0 saturated heterocycles. The van der Waals surface area contributed by atoms with Gasteiger partial charge >= 0.3 is 5.97 Å². The maximum atomic E-state index is 11.8. The molecule has 5 nitrogen and oxygen atoms in total. The molecule has 0 amide bonds.